The third-order valence-corrected chi connectivity index (χ3v) is 8.32. The van der Waals surface area contributed by atoms with Crippen LogP contribution in [0.5, 0.6) is 0 Å². The number of carbonyl (C=O) groups is 1. The topological polar surface area (TPSA) is 95.1 Å². The Bertz CT molecular complexity index is 696. The highest BCUT2D eigenvalue weighted by atomic mass is 32.2. The number of amides is 1. The summed E-state index contributed by atoms with van der Waals surface area (Å²) in [6.07, 6.45) is 3.96. The van der Waals surface area contributed by atoms with E-state index >= 15 is 0 Å². The Labute approximate surface area is 176 Å². The van der Waals surface area contributed by atoms with Crippen LogP contribution < -0.4 is 5.73 Å². The van der Waals surface area contributed by atoms with Crippen LogP contribution in [0.15, 0.2) is 29.4 Å². The highest BCUT2D eigenvalue weighted by Gasteiger charge is 2.46. The average Bonchev–Trinajstić information content (AvgIpc) is 2.69. The summed E-state index contributed by atoms with van der Waals surface area (Å²) in [6.45, 7) is 7.11. The molecule has 1 fully saturated rings. The first-order valence-corrected chi connectivity index (χ1v) is 12.0. The summed E-state index contributed by atoms with van der Waals surface area (Å²) in [4.78, 5) is 18.2. The second-order valence-electron chi connectivity index (χ2n) is 6.90. The minimum atomic E-state index is -0.0769. The van der Waals surface area contributed by atoms with Crippen molar-refractivity contribution in [2.45, 2.75) is 62.6 Å². The van der Waals surface area contributed by atoms with Crippen molar-refractivity contribution < 1.29 is 4.79 Å². The van der Waals surface area contributed by atoms with E-state index in [0.29, 0.717) is 17.8 Å². The van der Waals surface area contributed by atoms with Gasteiger partial charge in [-0.3, -0.25) is 4.79 Å². The first-order chi connectivity index (χ1) is 13.5. The lowest BCUT2D eigenvalue weighted by atomic mass is 9.88. The number of hydrogen-bond donors (Lipinski definition) is 1. The van der Waals surface area contributed by atoms with Crippen molar-refractivity contribution in [3.8, 4) is 0 Å². The third kappa shape index (κ3) is 5.17. The average molecular weight is 422 g/mol. The molecule has 0 saturated heterocycles. The van der Waals surface area contributed by atoms with Crippen LogP contribution in [-0.4, -0.2) is 45.0 Å². The zero-order valence-corrected chi connectivity index (χ0v) is 18.6. The smallest absolute Gasteiger partial charge is 0.254 e. The van der Waals surface area contributed by atoms with Crippen molar-refractivity contribution in [3.63, 3.8) is 0 Å². The molecule has 0 spiro atoms. The van der Waals surface area contributed by atoms with E-state index in [1.165, 1.54) is 0 Å². The number of carbonyl (C=O) groups excluding carboxylic acids is 1. The minimum Gasteiger partial charge on any atom is -0.334 e. The van der Waals surface area contributed by atoms with Crippen LogP contribution in [0.2, 0.25) is 0 Å². The molecular formula is C20H31N5OS2. The van der Waals surface area contributed by atoms with Crippen molar-refractivity contribution in [3.05, 3.63) is 40.3 Å². The van der Waals surface area contributed by atoms with Gasteiger partial charge in [-0.2, -0.15) is 0 Å². The third-order valence-electron chi connectivity index (χ3n) is 5.10. The highest BCUT2D eigenvalue weighted by Crippen LogP contribution is 2.48. The Balaban J connectivity index is 2.34. The normalized spacial score (nSPS) is 21.0. The molecule has 0 aliphatic heterocycles. The fourth-order valence-electron chi connectivity index (χ4n) is 3.99. The number of azide groups is 1. The lowest BCUT2D eigenvalue weighted by molar-refractivity contribution is 0.0602. The summed E-state index contributed by atoms with van der Waals surface area (Å²) < 4.78 is -0.0361. The molecule has 2 N–H and O–H groups in total. The predicted molar refractivity (Wildman–Crippen MR) is 121 cm³/mol. The van der Waals surface area contributed by atoms with Crippen LogP contribution in [0, 0.1) is 0 Å². The highest BCUT2D eigenvalue weighted by molar-refractivity contribution is 8.18. The van der Waals surface area contributed by atoms with Crippen molar-refractivity contribution in [1.82, 2.24) is 4.90 Å². The van der Waals surface area contributed by atoms with Gasteiger partial charge in [-0.15, -0.1) is 23.5 Å². The molecule has 0 heterocycles. The van der Waals surface area contributed by atoms with Crippen molar-refractivity contribution >= 4 is 35.1 Å². The number of nitrogens with zero attached hydrogens (tertiary/aromatic N) is 4. The van der Waals surface area contributed by atoms with Gasteiger partial charge in [0.15, 0.2) is 0 Å². The summed E-state index contributed by atoms with van der Waals surface area (Å²) in [7, 11) is 0. The number of thioether (sulfide) groups is 2. The summed E-state index contributed by atoms with van der Waals surface area (Å²) in [6, 6.07) is 6.84. The van der Waals surface area contributed by atoms with Crippen LogP contribution in [0.3, 0.4) is 0 Å². The number of nitrogens with two attached hydrogens (primary N) is 1. The summed E-state index contributed by atoms with van der Waals surface area (Å²) >= 11 is 3.87. The van der Waals surface area contributed by atoms with Gasteiger partial charge in [-0.05, 0) is 54.9 Å². The molecule has 1 aromatic rings. The molecule has 2 atom stereocenters. The molecule has 1 amide bonds. The van der Waals surface area contributed by atoms with Crippen LogP contribution in [0.1, 0.15) is 56.8 Å². The first kappa shape index (κ1) is 22.9. The zero-order valence-electron chi connectivity index (χ0n) is 17.0. The van der Waals surface area contributed by atoms with E-state index in [4.69, 9.17) is 11.3 Å². The van der Waals surface area contributed by atoms with Crippen molar-refractivity contribution in [2.24, 2.45) is 10.8 Å². The van der Waals surface area contributed by atoms with Gasteiger partial charge in [-0.1, -0.05) is 38.0 Å². The molecule has 0 bridgehead atoms. The Morgan fingerprint density at radius 1 is 1.36 bits per heavy atom. The first-order valence-electron chi connectivity index (χ1n) is 10.0. The van der Waals surface area contributed by atoms with Crippen LogP contribution in [0.25, 0.3) is 10.4 Å². The number of rotatable bonds is 9. The van der Waals surface area contributed by atoms with E-state index in [1.807, 2.05) is 28.4 Å². The van der Waals surface area contributed by atoms with Gasteiger partial charge in [0.2, 0.25) is 0 Å². The lowest BCUT2D eigenvalue weighted by Crippen LogP contribution is -2.61. The van der Waals surface area contributed by atoms with E-state index < -0.39 is 0 Å². The maximum absolute atomic E-state index is 13.4. The van der Waals surface area contributed by atoms with E-state index in [-0.39, 0.29) is 22.1 Å². The van der Waals surface area contributed by atoms with Crippen molar-refractivity contribution in [2.75, 3.05) is 18.1 Å². The molecule has 6 nitrogen and oxygen atoms in total. The molecule has 1 aliphatic carbocycles. The van der Waals surface area contributed by atoms with E-state index in [1.54, 1.807) is 24.3 Å². The van der Waals surface area contributed by atoms with E-state index in [2.05, 4.69) is 30.8 Å². The fraction of sp³-hybridized carbons (Fsp3) is 0.650. The Hall–Kier alpha value is -1.34. The summed E-state index contributed by atoms with van der Waals surface area (Å²) in [5.74, 6) is 2.00. The molecular weight excluding hydrogens is 390 g/mol. The molecule has 28 heavy (non-hydrogen) atoms. The molecule has 0 radical (unpaired) electrons. The van der Waals surface area contributed by atoms with Gasteiger partial charge in [0.05, 0.1) is 4.08 Å². The van der Waals surface area contributed by atoms with Gasteiger partial charge in [0.1, 0.15) is 0 Å². The Morgan fingerprint density at radius 2 is 2.07 bits per heavy atom. The summed E-state index contributed by atoms with van der Waals surface area (Å²) in [5.41, 5.74) is 16.5. The van der Waals surface area contributed by atoms with Gasteiger partial charge < -0.3 is 10.6 Å². The Kier molecular flexibility index (Phi) is 9.02. The molecule has 1 saturated carbocycles. The zero-order chi connectivity index (χ0) is 20.6. The number of hydrogen-bond acceptors (Lipinski definition) is 5. The standard InChI is InChI=1S/C20H31N5OS2/c1-4-13-25(19(26)15-9-7-10-16(14-15)23-24-22)17-11-8-12-20(18(17)21,27-5-2)28-6-3/h7,9-10,14,17-18H,4-6,8,11-13,21H2,1-3H3. The van der Waals surface area contributed by atoms with Gasteiger partial charge in [0, 0.05) is 34.8 Å². The van der Waals surface area contributed by atoms with Gasteiger partial charge >= 0.3 is 0 Å². The Morgan fingerprint density at radius 3 is 2.68 bits per heavy atom. The van der Waals surface area contributed by atoms with Gasteiger partial charge in [0.25, 0.3) is 5.91 Å². The monoisotopic (exact) mass is 421 g/mol. The van der Waals surface area contributed by atoms with E-state index in [9.17, 15) is 4.79 Å². The maximum Gasteiger partial charge on any atom is 0.254 e. The predicted octanol–water partition coefficient (Wildman–Crippen LogP) is 5.56. The van der Waals surface area contributed by atoms with Crippen molar-refractivity contribution in [1.29, 1.82) is 0 Å². The number of benzene rings is 1. The van der Waals surface area contributed by atoms with Crippen LogP contribution in [0.4, 0.5) is 5.69 Å². The second-order valence-corrected chi connectivity index (χ2v) is 10.3. The van der Waals surface area contributed by atoms with Crippen LogP contribution in [-0.2, 0) is 0 Å². The SMILES string of the molecule is CCCN(C(=O)c1cccc(N=[N+]=[N-])c1)C1CCCC(SCC)(SCC)C1N. The molecule has 1 aromatic carbocycles. The lowest BCUT2D eigenvalue weighted by Gasteiger charge is -2.49. The molecule has 2 unspecified atom stereocenters. The van der Waals surface area contributed by atoms with Crippen LogP contribution >= 0.6 is 23.5 Å². The molecule has 1 aliphatic rings. The summed E-state index contributed by atoms with van der Waals surface area (Å²) in [5, 5.41) is 3.63. The van der Waals surface area contributed by atoms with Gasteiger partial charge in [-0.25, -0.2) is 0 Å². The fourth-order valence-corrected chi connectivity index (χ4v) is 7.29. The largest absolute Gasteiger partial charge is 0.334 e. The quantitative estimate of drug-likeness (QED) is 0.244. The minimum absolute atomic E-state index is 0.0161. The molecule has 8 heteroatoms. The second kappa shape index (κ2) is 11.0. The molecule has 2 rings (SSSR count). The molecule has 0 aromatic heterocycles. The maximum atomic E-state index is 13.4. The molecule has 154 valence electrons. The van der Waals surface area contributed by atoms with E-state index in [0.717, 1.165) is 37.2 Å².